The number of rotatable bonds is 10. The van der Waals surface area contributed by atoms with Gasteiger partial charge < -0.3 is 28.5 Å². The van der Waals surface area contributed by atoms with Crippen LogP contribution in [-0.2, 0) is 22.7 Å². The zero-order valence-electron chi connectivity index (χ0n) is 16.2. The minimum absolute atomic E-state index is 0.143. The lowest BCUT2D eigenvalue weighted by Crippen LogP contribution is -2.19. The Hall–Kier alpha value is -2.42. The molecule has 0 saturated heterocycles. The third-order valence-electron chi connectivity index (χ3n) is 3.69. The molecule has 0 heterocycles. The van der Waals surface area contributed by atoms with E-state index in [1.807, 2.05) is 0 Å². The number of benzene rings is 2. The normalized spacial score (nSPS) is 14.0. The van der Waals surface area contributed by atoms with E-state index < -0.39 is 28.2 Å². The average molecular weight is 467 g/mol. The van der Waals surface area contributed by atoms with E-state index in [1.54, 1.807) is 42.5 Å². The minimum Gasteiger partial charge on any atom is -0.790 e. The van der Waals surface area contributed by atoms with Crippen LogP contribution in [0.25, 0.3) is 0 Å². The standard InChI is InChI=1S/C19H20O10P2/c1-14(10-11-28-31(25,26)29-30(22,23)24)13-27-19(21)17-9-5-8-16(12-17)18(20)15-6-3-2-4-7-15/h2-10,12H,11,13H2,1H3,(H,25,26)(H2,22,23,24)/p-3/b14-10+. The van der Waals surface area contributed by atoms with Crippen LogP contribution in [0.1, 0.15) is 33.2 Å². The van der Waals surface area contributed by atoms with Gasteiger partial charge in [-0.3, -0.25) is 13.7 Å². The van der Waals surface area contributed by atoms with Crippen LogP contribution in [-0.4, -0.2) is 25.0 Å². The van der Waals surface area contributed by atoms with Crippen LogP contribution in [0.5, 0.6) is 0 Å². The summed E-state index contributed by atoms with van der Waals surface area (Å²) in [7, 11) is -11.1. The van der Waals surface area contributed by atoms with Gasteiger partial charge in [0.15, 0.2) is 5.78 Å². The second-order valence-electron chi connectivity index (χ2n) is 6.17. The van der Waals surface area contributed by atoms with Crippen LogP contribution in [0.4, 0.5) is 0 Å². The molecule has 0 saturated carbocycles. The zero-order chi connectivity index (χ0) is 23.1. The molecule has 0 fully saturated rings. The Bertz CT molecular complexity index is 1060. The van der Waals surface area contributed by atoms with E-state index in [-0.39, 0.29) is 18.0 Å². The summed E-state index contributed by atoms with van der Waals surface area (Å²) in [6, 6.07) is 14.5. The summed E-state index contributed by atoms with van der Waals surface area (Å²) in [5, 5.41) is 0. The van der Waals surface area contributed by atoms with E-state index in [1.165, 1.54) is 25.1 Å². The third-order valence-corrected chi connectivity index (χ3v) is 5.76. The van der Waals surface area contributed by atoms with Gasteiger partial charge in [-0.2, -0.15) is 0 Å². The van der Waals surface area contributed by atoms with Crippen LogP contribution in [0.15, 0.2) is 66.2 Å². The van der Waals surface area contributed by atoms with Gasteiger partial charge in [-0.1, -0.05) is 48.5 Å². The lowest BCUT2D eigenvalue weighted by molar-refractivity contribution is -0.339. The van der Waals surface area contributed by atoms with E-state index >= 15 is 0 Å². The maximum atomic E-state index is 12.5. The fraction of sp³-hybridized carbons (Fsp3) is 0.158. The number of ether oxygens (including phenoxy) is 1. The molecule has 12 heteroatoms. The smallest absolute Gasteiger partial charge is 0.338 e. The maximum Gasteiger partial charge on any atom is 0.338 e. The fourth-order valence-corrected chi connectivity index (χ4v) is 3.71. The van der Waals surface area contributed by atoms with Crippen molar-refractivity contribution >= 4 is 27.4 Å². The molecule has 0 aromatic heterocycles. The van der Waals surface area contributed by atoms with Gasteiger partial charge >= 0.3 is 5.97 Å². The Balaban J connectivity index is 1.92. The fourth-order valence-electron chi connectivity index (χ4n) is 2.28. The predicted octanol–water partition coefficient (Wildman–Crippen LogP) is 1.35. The van der Waals surface area contributed by atoms with Gasteiger partial charge in [0.1, 0.15) is 6.61 Å². The van der Waals surface area contributed by atoms with Crippen LogP contribution in [0.2, 0.25) is 0 Å². The number of ketones is 1. The van der Waals surface area contributed by atoms with Crippen molar-refractivity contribution in [1.82, 2.24) is 0 Å². The van der Waals surface area contributed by atoms with Crippen LogP contribution >= 0.6 is 15.6 Å². The van der Waals surface area contributed by atoms with Crippen LogP contribution in [0.3, 0.4) is 0 Å². The minimum atomic E-state index is -5.76. The monoisotopic (exact) mass is 467 g/mol. The molecule has 0 radical (unpaired) electrons. The molecule has 2 rings (SSSR count). The van der Waals surface area contributed by atoms with Crippen molar-refractivity contribution in [2.45, 2.75) is 6.92 Å². The van der Waals surface area contributed by atoms with E-state index in [4.69, 9.17) is 4.74 Å². The first kappa shape index (κ1) is 24.8. The molecule has 2 aromatic rings. The molecule has 1 unspecified atom stereocenters. The molecule has 0 amide bonds. The number of esters is 1. The number of hydrogen-bond acceptors (Lipinski definition) is 10. The van der Waals surface area contributed by atoms with Gasteiger partial charge in [-0.15, -0.1) is 0 Å². The van der Waals surface area contributed by atoms with Gasteiger partial charge in [0, 0.05) is 11.1 Å². The molecule has 0 N–H and O–H groups in total. The second kappa shape index (κ2) is 10.7. The van der Waals surface area contributed by atoms with Gasteiger partial charge in [-0.25, -0.2) is 4.79 Å². The topological polar surface area (TPSA) is 165 Å². The Morgan fingerprint density at radius 2 is 1.55 bits per heavy atom. The molecular formula is C19H17O10P2-3. The summed E-state index contributed by atoms with van der Waals surface area (Å²) in [6.45, 7) is 0.630. The second-order valence-corrected chi connectivity index (χ2v) is 8.87. The molecule has 0 aliphatic rings. The molecule has 2 aromatic carbocycles. The highest BCUT2D eigenvalue weighted by atomic mass is 31.3. The van der Waals surface area contributed by atoms with Gasteiger partial charge in [0.05, 0.1) is 20.0 Å². The Labute approximate surface area is 177 Å². The molecule has 1 atom stereocenters. The van der Waals surface area contributed by atoms with Crippen molar-refractivity contribution in [2.75, 3.05) is 13.2 Å². The van der Waals surface area contributed by atoms with Crippen molar-refractivity contribution < 1.29 is 47.0 Å². The average Bonchev–Trinajstić information content (AvgIpc) is 2.70. The predicted molar refractivity (Wildman–Crippen MR) is 103 cm³/mol. The summed E-state index contributed by atoms with van der Waals surface area (Å²) in [5.74, 6) is -0.971. The van der Waals surface area contributed by atoms with Gasteiger partial charge in [-0.05, 0) is 24.6 Å². The summed E-state index contributed by atoms with van der Waals surface area (Å²) >= 11 is 0. The zero-order valence-corrected chi connectivity index (χ0v) is 18.0. The SMILES string of the molecule is C/C(=C\COP(=O)([O-])OP(=O)([O-])[O-])COC(=O)c1cccc(C(=O)c2ccccc2)c1. The highest BCUT2D eigenvalue weighted by Gasteiger charge is 2.14. The van der Waals surface area contributed by atoms with Crippen molar-refractivity contribution in [3.8, 4) is 0 Å². The Morgan fingerprint density at radius 3 is 2.19 bits per heavy atom. The molecule has 10 nitrogen and oxygen atoms in total. The van der Waals surface area contributed by atoms with E-state index in [0.29, 0.717) is 16.7 Å². The number of phosphoric ester groups is 1. The number of carbonyl (C=O) groups excluding carboxylic acids is 2. The number of hydrogen-bond donors (Lipinski definition) is 0. The Kier molecular flexibility index (Phi) is 8.61. The van der Waals surface area contributed by atoms with Crippen molar-refractivity contribution in [3.05, 3.63) is 82.9 Å². The molecule has 166 valence electrons. The summed E-state index contributed by atoms with van der Waals surface area (Å²) in [6.07, 6.45) is 1.19. The number of carbonyl (C=O) groups is 2. The largest absolute Gasteiger partial charge is 0.790 e. The molecule has 0 spiro atoms. The van der Waals surface area contributed by atoms with Gasteiger partial charge in [0.2, 0.25) is 0 Å². The van der Waals surface area contributed by atoms with Crippen LogP contribution in [0, 0.1) is 0 Å². The van der Waals surface area contributed by atoms with E-state index in [0.717, 1.165) is 0 Å². The molecule has 0 aliphatic carbocycles. The first-order valence-electron chi connectivity index (χ1n) is 8.68. The lowest BCUT2D eigenvalue weighted by Gasteiger charge is -2.34. The van der Waals surface area contributed by atoms with E-state index in [2.05, 4.69) is 8.83 Å². The highest BCUT2D eigenvalue weighted by molar-refractivity contribution is 7.58. The first-order chi connectivity index (χ1) is 14.5. The third kappa shape index (κ3) is 8.69. The summed E-state index contributed by atoms with van der Waals surface area (Å²) in [4.78, 5) is 56.5. The molecular weight excluding hydrogens is 450 g/mol. The summed E-state index contributed by atoms with van der Waals surface area (Å²) < 4.78 is 34.0. The summed E-state index contributed by atoms with van der Waals surface area (Å²) in [5.41, 5.74) is 1.29. The molecule has 0 bridgehead atoms. The van der Waals surface area contributed by atoms with Gasteiger partial charge in [0.25, 0.3) is 7.82 Å². The highest BCUT2D eigenvalue weighted by Crippen LogP contribution is 2.50. The lowest BCUT2D eigenvalue weighted by atomic mass is 10.0. The molecule has 31 heavy (non-hydrogen) atoms. The Morgan fingerprint density at radius 1 is 0.935 bits per heavy atom. The van der Waals surface area contributed by atoms with Crippen molar-refractivity contribution in [2.24, 2.45) is 0 Å². The van der Waals surface area contributed by atoms with E-state index in [9.17, 15) is 33.4 Å². The van der Waals surface area contributed by atoms with Crippen molar-refractivity contribution in [1.29, 1.82) is 0 Å². The van der Waals surface area contributed by atoms with Crippen LogP contribution < -0.4 is 14.7 Å². The van der Waals surface area contributed by atoms with Crippen molar-refractivity contribution in [3.63, 3.8) is 0 Å². The first-order valence-corrected chi connectivity index (χ1v) is 11.6. The quantitative estimate of drug-likeness (QED) is 0.215. The maximum absolute atomic E-state index is 12.5. The molecule has 0 aliphatic heterocycles. The number of phosphoric acid groups is 2.